The highest BCUT2D eigenvalue weighted by Gasteiger charge is 2.34. The fourth-order valence-electron chi connectivity index (χ4n) is 2.52. The average Bonchev–Trinajstić information content (AvgIpc) is 2.60. The molecule has 2 atom stereocenters. The quantitative estimate of drug-likeness (QED) is 0.884. The standard InChI is InChI=1S/C12H16Cl2N2/c1-16-6-5-8(7-15)12(16)11-9(13)3-2-4-10(11)14/h2-4,8,12H,5-7,15H2,1H3. The molecule has 4 heteroatoms. The van der Waals surface area contributed by atoms with Gasteiger partial charge >= 0.3 is 0 Å². The summed E-state index contributed by atoms with van der Waals surface area (Å²) >= 11 is 12.5. The fraction of sp³-hybridized carbons (Fsp3) is 0.500. The maximum absolute atomic E-state index is 6.25. The van der Waals surface area contributed by atoms with Gasteiger partial charge in [0.05, 0.1) is 0 Å². The van der Waals surface area contributed by atoms with Crippen molar-refractivity contribution in [3.63, 3.8) is 0 Å². The summed E-state index contributed by atoms with van der Waals surface area (Å²) in [6.07, 6.45) is 1.11. The fourth-order valence-corrected chi connectivity index (χ4v) is 3.14. The number of halogens is 2. The van der Waals surface area contributed by atoms with Crippen LogP contribution in [0, 0.1) is 5.92 Å². The summed E-state index contributed by atoms with van der Waals surface area (Å²) in [7, 11) is 2.10. The monoisotopic (exact) mass is 258 g/mol. The first-order chi connectivity index (χ1) is 7.65. The summed E-state index contributed by atoms with van der Waals surface area (Å²) in [5, 5.41) is 1.48. The molecule has 0 saturated carbocycles. The number of nitrogens with two attached hydrogens (primary N) is 1. The molecule has 0 bridgehead atoms. The summed E-state index contributed by atoms with van der Waals surface area (Å²) in [4.78, 5) is 2.28. The van der Waals surface area contributed by atoms with Crippen LogP contribution in [0.3, 0.4) is 0 Å². The summed E-state index contributed by atoms with van der Waals surface area (Å²) in [6.45, 7) is 1.73. The molecule has 0 aliphatic carbocycles. The molecule has 2 nitrogen and oxygen atoms in total. The molecule has 0 radical (unpaired) electrons. The van der Waals surface area contributed by atoms with Crippen LogP contribution in [-0.4, -0.2) is 25.0 Å². The van der Waals surface area contributed by atoms with Crippen LogP contribution in [-0.2, 0) is 0 Å². The lowest BCUT2D eigenvalue weighted by Crippen LogP contribution is -2.25. The van der Waals surface area contributed by atoms with E-state index < -0.39 is 0 Å². The van der Waals surface area contributed by atoms with Crippen LogP contribution >= 0.6 is 23.2 Å². The van der Waals surface area contributed by atoms with Crippen molar-refractivity contribution in [1.29, 1.82) is 0 Å². The van der Waals surface area contributed by atoms with E-state index in [2.05, 4.69) is 11.9 Å². The Morgan fingerprint density at radius 1 is 1.38 bits per heavy atom. The van der Waals surface area contributed by atoms with E-state index in [1.54, 1.807) is 0 Å². The van der Waals surface area contributed by atoms with Crippen molar-refractivity contribution in [2.45, 2.75) is 12.5 Å². The van der Waals surface area contributed by atoms with Crippen LogP contribution < -0.4 is 5.73 Å². The molecule has 1 aliphatic rings. The lowest BCUT2D eigenvalue weighted by atomic mass is 9.94. The highest BCUT2D eigenvalue weighted by atomic mass is 35.5. The lowest BCUT2D eigenvalue weighted by Gasteiger charge is -2.26. The molecule has 0 aromatic heterocycles. The largest absolute Gasteiger partial charge is 0.330 e. The Bertz CT molecular complexity index is 361. The molecule has 1 saturated heterocycles. The third-order valence-electron chi connectivity index (χ3n) is 3.37. The van der Waals surface area contributed by atoms with Gasteiger partial charge in [0.1, 0.15) is 0 Å². The minimum absolute atomic E-state index is 0.256. The molecule has 88 valence electrons. The Balaban J connectivity index is 2.42. The zero-order valence-electron chi connectivity index (χ0n) is 9.29. The van der Waals surface area contributed by atoms with Crippen LogP contribution in [0.25, 0.3) is 0 Å². The van der Waals surface area contributed by atoms with E-state index in [0.29, 0.717) is 12.5 Å². The summed E-state index contributed by atoms with van der Waals surface area (Å²) in [5.74, 6) is 0.447. The van der Waals surface area contributed by atoms with Gasteiger partial charge in [-0.25, -0.2) is 0 Å². The topological polar surface area (TPSA) is 29.3 Å². The maximum Gasteiger partial charge on any atom is 0.0468 e. The second kappa shape index (κ2) is 4.92. The Kier molecular flexibility index (Phi) is 3.75. The molecule has 0 amide bonds. The van der Waals surface area contributed by atoms with Gasteiger partial charge < -0.3 is 5.73 Å². The Labute approximate surface area is 106 Å². The van der Waals surface area contributed by atoms with Crippen LogP contribution in [0.4, 0.5) is 0 Å². The highest BCUT2D eigenvalue weighted by Crippen LogP contribution is 2.41. The maximum atomic E-state index is 6.25. The molecule has 2 unspecified atom stereocenters. The molecule has 2 rings (SSSR count). The molecule has 1 fully saturated rings. The smallest absolute Gasteiger partial charge is 0.0468 e. The predicted molar refractivity (Wildman–Crippen MR) is 69.0 cm³/mol. The van der Waals surface area contributed by atoms with Gasteiger partial charge in [-0.05, 0) is 44.6 Å². The van der Waals surface area contributed by atoms with Crippen molar-refractivity contribution in [2.75, 3.05) is 20.1 Å². The first-order valence-electron chi connectivity index (χ1n) is 5.49. The van der Waals surface area contributed by atoms with Crippen molar-refractivity contribution in [1.82, 2.24) is 4.90 Å². The van der Waals surface area contributed by atoms with Gasteiger partial charge in [0, 0.05) is 21.7 Å². The number of hydrogen-bond donors (Lipinski definition) is 1. The van der Waals surface area contributed by atoms with E-state index >= 15 is 0 Å². The predicted octanol–water partition coefficient (Wildman–Crippen LogP) is 2.94. The van der Waals surface area contributed by atoms with Crippen molar-refractivity contribution < 1.29 is 0 Å². The Morgan fingerprint density at radius 3 is 2.56 bits per heavy atom. The minimum Gasteiger partial charge on any atom is -0.330 e. The van der Waals surface area contributed by atoms with Gasteiger partial charge in [0.2, 0.25) is 0 Å². The van der Waals surface area contributed by atoms with Crippen molar-refractivity contribution in [3.8, 4) is 0 Å². The summed E-state index contributed by atoms with van der Waals surface area (Å²) in [6, 6.07) is 5.91. The summed E-state index contributed by atoms with van der Waals surface area (Å²) in [5.41, 5.74) is 6.84. The van der Waals surface area contributed by atoms with E-state index in [1.807, 2.05) is 18.2 Å². The molecule has 16 heavy (non-hydrogen) atoms. The molecule has 1 aromatic rings. The van der Waals surface area contributed by atoms with Crippen molar-refractivity contribution in [3.05, 3.63) is 33.8 Å². The first-order valence-corrected chi connectivity index (χ1v) is 6.25. The van der Waals surface area contributed by atoms with E-state index in [1.165, 1.54) is 0 Å². The zero-order valence-corrected chi connectivity index (χ0v) is 10.8. The first kappa shape index (κ1) is 12.2. The van der Waals surface area contributed by atoms with Crippen molar-refractivity contribution >= 4 is 23.2 Å². The SMILES string of the molecule is CN1CCC(CN)C1c1c(Cl)cccc1Cl. The molecule has 2 N–H and O–H groups in total. The number of rotatable bonds is 2. The third-order valence-corrected chi connectivity index (χ3v) is 4.03. The molecular formula is C12H16Cl2N2. The zero-order chi connectivity index (χ0) is 11.7. The van der Waals surface area contributed by atoms with Gasteiger partial charge in [-0.15, -0.1) is 0 Å². The van der Waals surface area contributed by atoms with Crippen LogP contribution in [0.5, 0.6) is 0 Å². The Hall–Kier alpha value is -0.280. The van der Waals surface area contributed by atoms with Gasteiger partial charge in [-0.2, -0.15) is 0 Å². The van der Waals surface area contributed by atoms with Crippen LogP contribution in [0.15, 0.2) is 18.2 Å². The van der Waals surface area contributed by atoms with Crippen LogP contribution in [0.2, 0.25) is 10.0 Å². The second-order valence-corrected chi connectivity index (χ2v) is 5.16. The number of benzene rings is 1. The molecular weight excluding hydrogens is 243 g/mol. The third kappa shape index (κ3) is 2.07. The van der Waals surface area contributed by atoms with Gasteiger partial charge in [0.25, 0.3) is 0 Å². The lowest BCUT2D eigenvalue weighted by molar-refractivity contribution is 0.280. The normalized spacial score (nSPS) is 26.2. The molecule has 1 heterocycles. The van der Waals surface area contributed by atoms with E-state index in [0.717, 1.165) is 28.6 Å². The van der Waals surface area contributed by atoms with Gasteiger partial charge in [-0.3, -0.25) is 4.90 Å². The molecule has 1 aliphatic heterocycles. The van der Waals surface area contributed by atoms with E-state index in [-0.39, 0.29) is 6.04 Å². The number of hydrogen-bond acceptors (Lipinski definition) is 2. The molecule has 1 aromatic carbocycles. The second-order valence-electron chi connectivity index (χ2n) is 4.35. The van der Waals surface area contributed by atoms with Crippen LogP contribution in [0.1, 0.15) is 18.0 Å². The van der Waals surface area contributed by atoms with E-state index in [9.17, 15) is 0 Å². The minimum atomic E-state index is 0.256. The van der Waals surface area contributed by atoms with Crippen molar-refractivity contribution in [2.24, 2.45) is 11.7 Å². The molecule has 0 spiro atoms. The Morgan fingerprint density at radius 2 is 2.00 bits per heavy atom. The van der Waals surface area contributed by atoms with Gasteiger partial charge in [-0.1, -0.05) is 29.3 Å². The average molecular weight is 259 g/mol. The summed E-state index contributed by atoms with van der Waals surface area (Å²) < 4.78 is 0. The number of likely N-dealkylation sites (tertiary alicyclic amines) is 1. The van der Waals surface area contributed by atoms with E-state index in [4.69, 9.17) is 28.9 Å². The highest BCUT2D eigenvalue weighted by molar-refractivity contribution is 6.36. The number of nitrogens with zero attached hydrogens (tertiary/aromatic N) is 1. The van der Waals surface area contributed by atoms with Gasteiger partial charge in [0.15, 0.2) is 0 Å².